The molecule has 0 radical (unpaired) electrons. The molecule has 3 unspecified atom stereocenters. The van der Waals surface area contributed by atoms with Crippen molar-refractivity contribution in [3.63, 3.8) is 0 Å². The number of carboxylic acid groups (broad SMARTS) is 1. The second kappa shape index (κ2) is 11.4. The summed E-state index contributed by atoms with van der Waals surface area (Å²) in [6.45, 7) is 3.98. The molecule has 3 rings (SSSR count). The van der Waals surface area contributed by atoms with Crippen molar-refractivity contribution in [2.75, 3.05) is 13.2 Å². The van der Waals surface area contributed by atoms with Gasteiger partial charge in [-0.3, -0.25) is 14.9 Å². The SMILES string of the molecule is CCOC(=O)C(COCc1ccccc1)N[C@@H](C)C(=O)N1C2CCCCC2C[C@H]1C(=O)O. The number of likely N-dealkylation sites (tertiary alicyclic amines) is 1. The fourth-order valence-electron chi connectivity index (χ4n) is 4.89. The number of nitrogens with zero attached hydrogens (tertiary/aromatic N) is 1. The van der Waals surface area contributed by atoms with Gasteiger partial charge in [-0.05, 0) is 44.6 Å². The van der Waals surface area contributed by atoms with Gasteiger partial charge in [0.1, 0.15) is 12.1 Å². The molecule has 8 heteroatoms. The number of carboxylic acids is 1. The fraction of sp³-hybridized carbons (Fsp3) is 0.625. The predicted octanol–water partition coefficient (Wildman–Crippen LogP) is 2.36. The molecule has 1 aliphatic heterocycles. The standard InChI is InChI=1S/C24H34N2O6/c1-3-32-24(30)19(15-31-14-17-9-5-4-6-10-17)25-16(2)22(27)26-20-12-8-7-11-18(20)13-21(26)23(28)29/h4-6,9-10,16,18-21,25H,3,7-8,11-15H2,1-2H3,(H,28,29)/t16-,18?,19?,20?,21-/m0/s1. The first kappa shape index (κ1) is 24.2. The third kappa shape index (κ3) is 5.86. The third-order valence-electron chi connectivity index (χ3n) is 6.42. The molecule has 32 heavy (non-hydrogen) atoms. The second-order valence-corrected chi connectivity index (χ2v) is 8.64. The third-order valence-corrected chi connectivity index (χ3v) is 6.42. The van der Waals surface area contributed by atoms with E-state index >= 15 is 0 Å². The Labute approximate surface area is 189 Å². The number of benzene rings is 1. The monoisotopic (exact) mass is 446 g/mol. The highest BCUT2D eigenvalue weighted by molar-refractivity contribution is 5.88. The number of carbonyl (C=O) groups is 3. The number of amides is 1. The van der Waals surface area contributed by atoms with Crippen molar-refractivity contribution in [1.82, 2.24) is 10.2 Å². The number of ether oxygens (including phenoxy) is 2. The summed E-state index contributed by atoms with van der Waals surface area (Å²) in [5.74, 6) is -1.51. The van der Waals surface area contributed by atoms with Crippen molar-refractivity contribution in [2.45, 2.75) is 76.7 Å². The lowest BCUT2D eigenvalue weighted by atomic mass is 9.84. The maximum absolute atomic E-state index is 13.3. The number of hydrogen-bond donors (Lipinski definition) is 2. The largest absolute Gasteiger partial charge is 0.480 e. The maximum Gasteiger partial charge on any atom is 0.326 e. The lowest BCUT2D eigenvalue weighted by Crippen LogP contribution is -2.56. The van der Waals surface area contributed by atoms with Crippen LogP contribution >= 0.6 is 0 Å². The maximum atomic E-state index is 13.3. The first-order chi connectivity index (χ1) is 15.4. The van der Waals surface area contributed by atoms with E-state index in [2.05, 4.69) is 5.32 Å². The quantitative estimate of drug-likeness (QED) is 0.532. The lowest BCUT2D eigenvalue weighted by molar-refractivity contribution is -0.152. The van der Waals surface area contributed by atoms with Gasteiger partial charge in [-0.1, -0.05) is 43.2 Å². The van der Waals surface area contributed by atoms with E-state index in [4.69, 9.17) is 9.47 Å². The number of hydrogen-bond acceptors (Lipinski definition) is 6. The number of carbonyl (C=O) groups excluding carboxylic acids is 2. The average molecular weight is 447 g/mol. The molecule has 5 atom stereocenters. The molecule has 0 bridgehead atoms. The summed E-state index contributed by atoms with van der Waals surface area (Å²) in [6, 6.07) is 7.17. The fourth-order valence-corrected chi connectivity index (χ4v) is 4.89. The number of aliphatic carboxylic acids is 1. The van der Waals surface area contributed by atoms with Crippen LogP contribution in [0.2, 0.25) is 0 Å². The lowest BCUT2D eigenvalue weighted by Gasteiger charge is -2.35. The zero-order valence-corrected chi connectivity index (χ0v) is 18.9. The highest BCUT2D eigenvalue weighted by Gasteiger charge is 2.48. The minimum Gasteiger partial charge on any atom is -0.480 e. The number of rotatable bonds is 10. The van der Waals surface area contributed by atoms with Crippen LogP contribution in [0.3, 0.4) is 0 Å². The van der Waals surface area contributed by atoms with Crippen molar-refractivity contribution < 1.29 is 29.0 Å². The minimum atomic E-state index is -0.965. The van der Waals surface area contributed by atoms with Gasteiger partial charge in [0, 0.05) is 6.04 Å². The molecule has 1 aliphatic carbocycles. The van der Waals surface area contributed by atoms with Crippen LogP contribution < -0.4 is 5.32 Å². The zero-order chi connectivity index (χ0) is 23.1. The van der Waals surface area contributed by atoms with E-state index in [-0.39, 0.29) is 31.1 Å². The van der Waals surface area contributed by atoms with Gasteiger partial charge in [0.05, 0.1) is 25.9 Å². The molecule has 176 valence electrons. The molecule has 1 amide bonds. The Balaban J connectivity index is 1.65. The van der Waals surface area contributed by atoms with Crippen molar-refractivity contribution in [1.29, 1.82) is 0 Å². The summed E-state index contributed by atoms with van der Waals surface area (Å²) >= 11 is 0. The summed E-state index contributed by atoms with van der Waals surface area (Å²) < 4.78 is 10.9. The highest BCUT2D eigenvalue weighted by Crippen LogP contribution is 2.40. The molecule has 1 saturated heterocycles. The van der Waals surface area contributed by atoms with Crippen LogP contribution in [0.5, 0.6) is 0 Å². The van der Waals surface area contributed by atoms with Crippen LogP contribution in [-0.2, 0) is 30.5 Å². The molecule has 1 heterocycles. The second-order valence-electron chi connectivity index (χ2n) is 8.64. The predicted molar refractivity (Wildman–Crippen MR) is 118 cm³/mol. The van der Waals surface area contributed by atoms with E-state index in [9.17, 15) is 19.5 Å². The van der Waals surface area contributed by atoms with E-state index in [1.165, 1.54) is 0 Å². The number of fused-ring (bicyclic) bond motifs is 1. The van der Waals surface area contributed by atoms with Gasteiger partial charge in [-0.15, -0.1) is 0 Å². The van der Waals surface area contributed by atoms with Crippen LogP contribution in [0.15, 0.2) is 30.3 Å². The molecular formula is C24H34N2O6. The smallest absolute Gasteiger partial charge is 0.326 e. The molecule has 2 aliphatic rings. The molecule has 1 saturated carbocycles. The Hall–Kier alpha value is -2.45. The van der Waals surface area contributed by atoms with Gasteiger partial charge in [0.15, 0.2) is 0 Å². The van der Waals surface area contributed by atoms with Crippen molar-refractivity contribution in [2.24, 2.45) is 5.92 Å². The van der Waals surface area contributed by atoms with E-state index in [1.54, 1.807) is 18.7 Å². The van der Waals surface area contributed by atoms with Crippen LogP contribution in [0.1, 0.15) is 51.5 Å². The van der Waals surface area contributed by atoms with Gasteiger partial charge in [-0.2, -0.15) is 0 Å². The van der Waals surface area contributed by atoms with Gasteiger partial charge in [0.25, 0.3) is 0 Å². The summed E-state index contributed by atoms with van der Waals surface area (Å²) in [6.07, 6.45) is 4.36. The molecule has 2 N–H and O–H groups in total. The van der Waals surface area contributed by atoms with Crippen LogP contribution in [0.4, 0.5) is 0 Å². The van der Waals surface area contributed by atoms with Gasteiger partial charge >= 0.3 is 11.9 Å². The van der Waals surface area contributed by atoms with E-state index in [1.807, 2.05) is 30.3 Å². The minimum absolute atomic E-state index is 0.0414. The number of nitrogens with one attached hydrogen (secondary N) is 1. The van der Waals surface area contributed by atoms with Crippen molar-refractivity contribution in [3.8, 4) is 0 Å². The summed E-state index contributed by atoms with van der Waals surface area (Å²) in [5, 5.41) is 12.8. The van der Waals surface area contributed by atoms with Crippen LogP contribution in [0, 0.1) is 5.92 Å². The average Bonchev–Trinajstić information content (AvgIpc) is 3.18. The Morgan fingerprint density at radius 3 is 2.59 bits per heavy atom. The van der Waals surface area contributed by atoms with E-state index < -0.39 is 30.1 Å². The first-order valence-corrected chi connectivity index (χ1v) is 11.5. The van der Waals surface area contributed by atoms with Crippen LogP contribution in [-0.4, -0.2) is 65.2 Å². The van der Waals surface area contributed by atoms with Gasteiger partial charge < -0.3 is 19.5 Å². The molecule has 1 aromatic rings. The molecule has 1 aromatic carbocycles. The highest BCUT2D eigenvalue weighted by atomic mass is 16.5. The van der Waals surface area contributed by atoms with Gasteiger partial charge in [-0.25, -0.2) is 4.79 Å². The molecule has 0 aromatic heterocycles. The Morgan fingerprint density at radius 2 is 1.91 bits per heavy atom. The molecule has 8 nitrogen and oxygen atoms in total. The Kier molecular flexibility index (Phi) is 8.64. The zero-order valence-electron chi connectivity index (χ0n) is 18.9. The first-order valence-electron chi connectivity index (χ1n) is 11.5. The molecule has 0 spiro atoms. The van der Waals surface area contributed by atoms with E-state index in [0.717, 1.165) is 31.2 Å². The summed E-state index contributed by atoms with van der Waals surface area (Å²) in [4.78, 5) is 39.2. The molecular weight excluding hydrogens is 412 g/mol. The summed E-state index contributed by atoms with van der Waals surface area (Å²) in [7, 11) is 0. The Bertz CT molecular complexity index is 786. The van der Waals surface area contributed by atoms with Gasteiger partial charge in [0.2, 0.25) is 5.91 Å². The summed E-state index contributed by atoms with van der Waals surface area (Å²) in [5.41, 5.74) is 0.976. The Morgan fingerprint density at radius 1 is 1.19 bits per heavy atom. The topological polar surface area (TPSA) is 105 Å². The van der Waals surface area contributed by atoms with Crippen LogP contribution in [0.25, 0.3) is 0 Å². The van der Waals surface area contributed by atoms with Crippen molar-refractivity contribution >= 4 is 17.8 Å². The molecule has 2 fully saturated rings. The van der Waals surface area contributed by atoms with E-state index in [0.29, 0.717) is 13.0 Å². The number of esters is 1. The normalized spacial score (nSPS) is 24.4. The van der Waals surface area contributed by atoms with Crippen molar-refractivity contribution in [3.05, 3.63) is 35.9 Å².